The van der Waals surface area contributed by atoms with Gasteiger partial charge in [-0.05, 0) is 75.1 Å². The van der Waals surface area contributed by atoms with E-state index in [1.807, 2.05) is 0 Å². The lowest BCUT2D eigenvalue weighted by Crippen LogP contribution is -2.31. The zero-order valence-electron chi connectivity index (χ0n) is 16.2. The number of nitrogens with zero attached hydrogens (tertiary/aromatic N) is 1. The van der Waals surface area contributed by atoms with Gasteiger partial charge in [-0.2, -0.15) is 0 Å². The first kappa shape index (κ1) is 19.6. The van der Waals surface area contributed by atoms with Gasteiger partial charge in [0.05, 0.1) is 0 Å². The lowest BCUT2D eigenvalue weighted by Gasteiger charge is -2.26. The third kappa shape index (κ3) is 5.69. The number of aryl methyl sites for hydroxylation is 1. The first-order chi connectivity index (χ1) is 12.6. The Morgan fingerprint density at radius 1 is 0.962 bits per heavy atom. The fourth-order valence-corrected chi connectivity index (χ4v) is 4.73. The molecular weight excluding hydrogens is 382 g/mol. The third-order valence-corrected chi connectivity index (χ3v) is 6.52. The summed E-state index contributed by atoms with van der Waals surface area (Å²) >= 11 is 3.77. The van der Waals surface area contributed by atoms with Gasteiger partial charge in [-0.3, -0.25) is 4.90 Å². The highest BCUT2D eigenvalue weighted by molar-refractivity contribution is 9.09. The second kappa shape index (κ2) is 9.71. The van der Waals surface area contributed by atoms with Gasteiger partial charge >= 0.3 is 0 Å². The van der Waals surface area contributed by atoms with Crippen LogP contribution in [0.15, 0.2) is 54.6 Å². The van der Waals surface area contributed by atoms with Crippen LogP contribution >= 0.6 is 15.9 Å². The van der Waals surface area contributed by atoms with E-state index in [4.69, 9.17) is 0 Å². The summed E-state index contributed by atoms with van der Waals surface area (Å²) < 4.78 is 0. The Hall–Kier alpha value is -1.12. The van der Waals surface area contributed by atoms with Crippen molar-refractivity contribution >= 4 is 15.9 Å². The van der Waals surface area contributed by atoms with Gasteiger partial charge in [0.25, 0.3) is 0 Å². The zero-order chi connectivity index (χ0) is 18.4. The average molecular weight is 414 g/mol. The number of rotatable bonds is 8. The number of hydrogen-bond donors (Lipinski definition) is 0. The Balaban J connectivity index is 1.48. The highest BCUT2D eigenvalue weighted by Crippen LogP contribution is 2.37. The molecule has 1 fully saturated rings. The van der Waals surface area contributed by atoms with Gasteiger partial charge in [-0.1, -0.05) is 70.5 Å². The molecule has 1 saturated carbocycles. The van der Waals surface area contributed by atoms with E-state index in [1.165, 1.54) is 48.8 Å². The molecule has 3 rings (SSSR count). The second-order valence-electron chi connectivity index (χ2n) is 8.00. The highest BCUT2D eigenvalue weighted by atomic mass is 79.9. The number of alkyl halides is 1. The number of benzene rings is 2. The van der Waals surface area contributed by atoms with E-state index in [1.54, 1.807) is 0 Å². The van der Waals surface area contributed by atoms with Crippen molar-refractivity contribution in [3.05, 3.63) is 71.3 Å². The largest absolute Gasteiger partial charge is 0.297 e. The molecule has 2 atom stereocenters. The van der Waals surface area contributed by atoms with Crippen molar-refractivity contribution in [2.75, 3.05) is 6.54 Å². The summed E-state index contributed by atoms with van der Waals surface area (Å²) in [4.78, 5) is 3.30. The smallest absolute Gasteiger partial charge is 0.0236 e. The fraction of sp³-hybridized carbons (Fsp3) is 0.500. The predicted octanol–water partition coefficient (Wildman–Crippen LogP) is 6.56. The summed E-state index contributed by atoms with van der Waals surface area (Å²) in [5.74, 6) is 0.760. The summed E-state index contributed by atoms with van der Waals surface area (Å²) in [6, 6.07) is 20.9. The van der Waals surface area contributed by atoms with Crippen molar-refractivity contribution in [3.8, 4) is 0 Å². The van der Waals surface area contributed by atoms with Crippen LogP contribution in [0.4, 0.5) is 0 Å². The van der Waals surface area contributed by atoms with Gasteiger partial charge in [0.1, 0.15) is 0 Å². The molecule has 26 heavy (non-hydrogen) atoms. The molecule has 1 nitrogen and oxygen atoms in total. The minimum absolute atomic E-state index is 0.581. The van der Waals surface area contributed by atoms with Crippen LogP contribution in [0.3, 0.4) is 0 Å². The van der Waals surface area contributed by atoms with Crippen LogP contribution in [0.1, 0.15) is 62.1 Å². The molecule has 1 aliphatic rings. The van der Waals surface area contributed by atoms with Crippen LogP contribution in [-0.4, -0.2) is 22.3 Å². The predicted molar refractivity (Wildman–Crippen MR) is 116 cm³/mol. The van der Waals surface area contributed by atoms with Crippen LogP contribution in [0, 0.1) is 0 Å². The first-order valence-electron chi connectivity index (χ1n) is 10.1. The zero-order valence-corrected chi connectivity index (χ0v) is 17.8. The van der Waals surface area contributed by atoms with E-state index < -0.39 is 0 Å². The topological polar surface area (TPSA) is 3.24 Å². The molecule has 2 aromatic carbocycles. The van der Waals surface area contributed by atoms with Gasteiger partial charge < -0.3 is 0 Å². The summed E-state index contributed by atoms with van der Waals surface area (Å²) in [5, 5.41) is 0. The summed E-state index contributed by atoms with van der Waals surface area (Å²) in [6.45, 7) is 6.81. The van der Waals surface area contributed by atoms with Gasteiger partial charge in [0.2, 0.25) is 0 Å². The second-order valence-corrected chi connectivity index (χ2v) is 9.30. The summed E-state index contributed by atoms with van der Waals surface area (Å²) in [5.41, 5.74) is 4.42. The molecule has 0 N–H and O–H groups in total. The SMILES string of the molecule is CC(C)N(CCCc1ccc(C2CCC(Br)C2)cc1)Cc1ccccc1. The Morgan fingerprint density at radius 2 is 1.69 bits per heavy atom. The normalized spacial score (nSPS) is 20.2. The molecule has 1 aliphatic carbocycles. The molecule has 0 aromatic heterocycles. The van der Waals surface area contributed by atoms with Crippen molar-refractivity contribution in [2.45, 2.75) is 69.3 Å². The van der Waals surface area contributed by atoms with Crippen molar-refractivity contribution < 1.29 is 0 Å². The lowest BCUT2D eigenvalue weighted by atomic mass is 9.96. The van der Waals surface area contributed by atoms with Gasteiger partial charge in [-0.15, -0.1) is 0 Å². The van der Waals surface area contributed by atoms with Crippen LogP contribution in [0.5, 0.6) is 0 Å². The Labute approximate surface area is 167 Å². The molecule has 0 aliphatic heterocycles. The van der Waals surface area contributed by atoms with Crippen molar-refractivity contribution in [1.29, 1.82) is 0 Å². The van der Waals surface area contributed by atoms with Crippen LogP contribution in [-0.2, 0) is 13.0 Å². The van der Waals surface area contributed by atoms with E-state index in [-0.39, 0.29) is 0 Å². The molecular formula is C24H32BrN. The Kier molecular flexibility index (Phi) is 7.33. The lowest BCUT2D eigenvalue weighted by molar-refractivity contribution is 0.210. The quantitative estimate of drug-likeness (QED) is 0.442. The standard InChI is InChI=1S/C24H32BrN/c1-19(2)26(18-21-7-4-3-5-8-21)16-6-9-20-10-12-22(13-11-20)23-14-15-24(25)17-23/h3-5,7-8,10-13,19,23-24H,6,9,14-18H2,1-2H3. The molecule has 0 bridgehead atoms. The minimum Gasteiger partial charge on any atom is -0.297 e. The maximum Gasteiger partial charge on any atom is 0.0236 e. The molecule has 140 valence electrons. The molecule has 2 unspecified atom stereocenters. The maximum atomic E-state index is 3.77. The molecule has 0 amide bonds. The third-order valence-electron chi connectivity index (χ3n) is 5.69. The van der Waals surface area contributed by atoms with Crippen molar-refractivity contribution in [1.82, 2.24) is 4.90 Å². The average Bonchev–Trinajstić information content (AvgIpc) is 3.08. The maximum absolute atomic E-state index is 3.77. The highest BCUT2D eigenvalue weighted by Gasteiger charge is 2.23. The van der Waals surface area contributed by atoms with E-state index in [2.05, 4.69) is 89.3 Å². The van der Waals surface area contributed by atoms with Gasteiger partial charge in [-0.25, -0.2) is 0 Å². The van der Waals surface area contributed by atoms with Gasteiger partial charge in [0.15, 0.2) is 0 Å². The molecule has 2 heteroatoms. The van der Waals surface area contributed by atoms with Crippen LogP contribution < -0.4 is 0 Å². The molecule has 2 aromatic rings. The van der Waals surface area contributed by atoms with E-state index in [0.29, 0.717) is 6.04 Å². The van der Waals surface area contributed by atoms with Crippen LogP contribution in [0.2, 0.25) is 0 Å². The molecule has 0 spiro atoms. The number of hydrogen-bond acceptors (Lipinski definition) is 1. The van der Waals surface area contributed by atoms with E-state index >= 15 is 0 Å². The van der Waals surface area contributed by atoms with Crippen LogP contribution in [0.25, 0.3) is 0 Å². The Morgan fingerprint density at radius 3 is 2.31 bits per heavy atom. The first-order valence-corrected chi connectivity index (χ1v) is 11.0. The fourth-order valence-electron chi connectivity index (χ4n) is 4.01. The van der Waals surface area contributed by atoms with Gasteiger partial charge in [0, 0.05) is 17.4 Å². The summed E-state index contributed by atoms with van der Waals surface area (Å²) in [7, 11) is 0. The molecule has 0 saturated heterocycles. The van der Waals surface area contributed by atoms with Crippen molar-refractivity contribution in [2.24, 2.45) is 0 Å². The van der Waals surface area contributed by atoms with Crippen molar-refractivity contribution in [3.63, 3.8) is 0 Å². The monoisotopic (exact) mass is 413 g/mol. The minimum atomic E-state index is 0.581. The molecule has 0 radical (unpaired) electrons. The summed E-state index contributed by atoms with van der Waals surface area (Å²) in [6.07, 6.45) is 6.33. The molecule has 0 heterocycles. The van der Waals surface area contributed by atoms with E-state index in [0.717, 1.165) is 23.8 Å². The van der Waals surface area contributed by atoms with E-state index in [9.17, 15) is 0 Å². The Bertz CT molecular complexity index is 650. The number of halogens is 1.